The Kier molecular flexibility index (Phi) is 17.8. The lowest BCUT2D eigenvalue weighted by Gasteiger charge is -2.14. The van der Waals surface area contributed by atoms with Gasteiger partial charge in [0.25, 0.3) is 0 Å². The summed E-state index contributed by atoms with van der Waals surface area (Å²) in [5.74, 6) is 0. The first-order chi connectivity index (χ1) is 13.1. The Morgan fingerprint density at radius 1 is 0.926 bits per heavy atom. The number of nitro groups is 1. The quantitative estimate of drug-likeness (QED) is 0.0844. The fraction of sp³-hybridized carbons (Fsp3) is 0.682. The monoisotopic (exact) mass is 379 g/mol. The molecule has 27 heavy (non-hydrogen) atoms. The van der Waals surface area contributed by atoms with Crippen LogP contribution in [0.5, 0.6) is 0 Å². The van der Waals surface area contributed by atoms with E-state index in [-0.39, 0.29) is 4.92 Å². The summed E-state index contributed by atoms with van der Waals surface area (Å²) < 4.78 is 0. The molecule has 5 nitrogen and oxygen atoms in total. The zero-order chi connectivity index (χ0) is 20.2. The van der Waals surface area contributed by atoms with Crippen LogP contribution in [0.3, 0.4) is 0 Å². The fourth-order valence-corrected chi connectivity index (χ4v) is 2.78. The average Bonchev–Trinajstić information content (AvgIpc) is 2.65. The summed E-state index contributed by atoms with van der Waals surface area (Å²) in [6.45, 7) is 2.06. The standard InChI is InChI=1S/C22H37NO4/c1-2-3-15-18-21(23(26)27)22(25)19-16-13-11-9-7-5-4-6-8-10-12-14-17-20-24/h4-5,7,9,13,16,20-22,25H,2-3,6,8,10-12,14-15,17-19H2,1H3/b5-4-,9-7-,16-13-. The van der Waals surface area contributed by atoms with E-state index in [1.807, 2.05) is 30.4 Å². The van der Waals surface area contributed by atoms with E-state index in [1.54, 1.807) is 0 Å². The highest BCUT2D eigenvalue weighted by atomic mass is 16.6. The molecule has 2 atom stereocenters. The molecule has 0 spiro atoms. The Labute approximate surface area is 164 Å². The van der Waals surface area contributed by atoms with Crippen molar-refractivity contribution in [2.45, 2.75) is 96.1 Å². The van der Waals surface area contributed by atoms with E-state index in [9.17, 15) is 20.0 Å². The van der Waals surface area contributed by atoms with E-state index in [1.165, 1.54) is 0 Å². The lowest BCUT2D eigenvalue weighted by Crippen LogP contribution is -2.33. The van der Waals surface area contributed by atoms with Crippen LogP contribution in [0, 0.1) is 10.1 Å². The molecule has 1 N–H and O–H groups in total. The zero-order valence-electron chi connectivity index (χ0n) is 16.8. The third-order valence-electron chi connectivity index (χ3n) is 4.46. The van der Waals surface area contributed by atoms with Gasteiger partial charge in [-0.1, -0.05) is 69.1 Å². The van der Waals surface area contributed by atoms with Crippen molar-refractivity contribution in [1.29, 1.82) is 0 Å². The molecule has 0 aliphatic carbocycles. The Morgan fingerprint density at radius 2 is 1.63 bits per heavy atom. The van der Waals surface area contributed by atoms with E-state index in [0.717, 1.165) is 64.1 Å². The predicted molar refractivity (Wildman–Crippen MR) is 111 cm³/mol. The van der Waals surface area contributed by atoms with Gasteiger partial charge in [0, 0.05) is 17.8 Å². The predicted octanol–water partition coefficient (Wildman–Crippen LogP) is 5.56. The molecular weight excluding hydrogens is 342 g/mol. The van der Waals surface area contributed by atoms with Gasteiger partial charge in [0.1, 0.15) is 12.4 Å². The highest BCUT2D eigenvalue weighted by Crippen LogP contribution is 2.13. The van der Waals surface area contributed by atoms with Crippen LogP contribution >= 0.6 is 0 Å². The van der Waals surface area contributed by atoms with Gasteiger partial charge in [-0.3, -0.25) is 10.1 Å². The number of hydrogen-bond donors (Lipinski definition) is 1. The highest BCUT2D eigenvalue weighted by molar-refractivity contribution is 5.48. The minimum atomic E-state index is -0.913. The lowest BCUT2D eigenvalue weighted by atomic mass is 10.0. The Balaban J connectivity index is 3.84. The second-order valence-corrected chi connectivity index (χ2v) is 6.87. The van der Waals surface area contributed by atoms with Gasteiger partial charge in [-0.05, 0) is 38.5 Å². The average molecular weight is 380 g/mol. The topological polar surface area (TPSA) is 80.4 Å². The van der Waals surface area contributed by atoms with Crippen molar-refractivity contribution in [3.05, 3.63) is 46.6 Å². The first-order valence-corrected chi connectivity index (χ1v) is 10.3. The van der Waals surface area contributed by atoms with Gasteiger partial charge in [-0.2, -0.15) is 0 Å². The van der Waals surface area contributed by atoms with Crippen LogP contribution in [0.2, 0.25) is 0 Å². The molecule has 0 saturated carbocycles. The molecule has 0 radical (unpaired) electrons. The first-order valence-electron chi connectivity index (χ1n) is 10.3. The van der Waals surface area contributed by atoms with Gasteiger partial charge < -0.3 is 9.90 Å². The summed E-state index contributed by atoms with van der Waals surface area (Å²) in [6.07, 6.45) is 22.5. The third-order valence-corrected chi connectivity index (χ3v) is 4.46. The van der Waals surface area contributed by atoms with E-state index in [0.29, 0.717) is 19.3 Å². The molecule has 154 valence electrons. The molecular formula is C22H37NO4. The number of nitrogens with zero attached hydrogens (tertiary/aromatic N) is 1. The largest absolute Gasteiger partial charge is 0.386 e. The van der Waals surface area contributed by atoms with E-state index >= 15 is 0 Å². The number of allylic oxidation sites excluding steroid dienone is 5. The van der Waals surface area contributed by atoms with Crippen molar-refractivity contribution in [3.63, 3.8) is 0 Å². The minimum Gasteiger partial charge on any atom is -0.386 e. The van der Waals surface area contributed by atoms with Crippen molar-refractivity contribution in [2.24, 2.45) is 0 Å². The minimum absolute atomic E-state index is 0.325. The van der Waals surface area contributed by atoms with Crippen LogP contribution < -0.4 is 0 Å². The van der Waals surface area contributed by atoms with Crippen molar-refractivity contribution in [3.8, 4) is 0 Å². The number of carbonyl (C=O) groups is 1. The summed E-state index contributed by atoms with van der Waals surface area (Å²) in [5.41, 5.74) is 0. The molecule has 0 aliphatic heterocycles. The maximum atomic E-state index is 11.1. The number of carbonyl (C=O) groups excluding carboxylic acids is 1. The first kappa shape index (κ1) is 25.2. The Hall–Kier alpha value is -1.75. The van der Waals surface area contributed by atoms with Gasteiger partial charge in [0.15, 0.2) is 0 Å². The molecule has 0 amide bonds. The molecule has 0 aliphatic rings. The molecule has 0 heterocycles. The molecule has 5 heteroatoms. The van der Waals surface area contributed by atoms with Crippen LogP contribution in [0.4, 0.5) is 0 Å². The van der Waals surface area contributed by atoms with Crippen LogP contribution in [-0.4, -0.2) is 28.5 Å². The smallest absolute Gasteiger partial charge is 0.238 e. The van der Waals surface area contributed by atoms with Gasteiger partial charge in [0.2, 0.25) is 6.04 Å². The maximum absolute atomic E-state index is 11.1. The van der Waals surface area contributed by atoms with Crippen molar-refractivity contribution < 1.29 is 14.8 Å². The van der Waals surface area contributed by atoms with Crippen molar-refractivity contribution in [1.82, 2.24) is 0 Å². The maximum Gasteiger partial charge on any atom is 0.238 e. The van der Waals surface area contributed by atoms with E-state index in [4.69, 9.17) is 0 Å². The number of aliphatic hydroxyl groups is 1. The molecule has 0 aromatic rings. The van der Waals surface area contributed by atoms with Gasteiger partial charge >= 0.3 is 0 Å². The van der Waals surface area contributed by atoms with E-state index in [2.05, 4.69) is 13.0 Å². The fourth-order valence-electron chi connectivity index (χ4n) is 2.78. The number of aliphatic hydroxyl groups excluding tert-OH is 1. The SMILES string of the molecule is CCCCCC(C(O)C/C=C\C/C=C\C=C/CCCCCCC=O)[N+](=O)[O-]. The summed E-state index contributed by atoms with van der Waals surface area (Å²) in [4.78, 5) is 20.9. The van der Waals surface area contributed by atoms with E-state index < -0.39 is 12.1 Å². The van der Waals surface area contributed by atoms with Crippen molar-refractivity contribution in [2.75, 3.05) is 0 Å². The molecule has 0 rings (SSSR count). The Bertz CT molecular complexity index is 457. The van der Waals surface area contributed by atoms with Crippen LogP contribution in [0.1, 0.15) is 84.0 Å². The van der Waals surface area contributed by atoms with Gasteiger partial charge in [0.05, 0.1) is 0 Å². The number of hydrogen-bond acceptors (Lipinski definition) is 4. The van der Waals surface area contributed by atoms with Gasteiger partial charge in [-0.25, -0.2) is 0 Å². The molecule has 0 aromatic heterocycles. The summed E-state index contributed by atoms with van der Waals surface area (Å²) in [7, 11) is 0. The third kappa shape index (κ3) is 16.2. The normalized spacial score (nSPS) is 14.3. The Morgan fingerprint density at radius 3 is 2.30 bits per heavy atom. The number of unbranched alkanes of at least 4 members (excludes halogenated alkanes) is 7. The lowest BCUT2D eigenvalue weighted by molar-refractivity contribution is -0.535. The van der Waals surface area contributed by atoms with Crippen LogP contribution in [0.15, 0.2) is 36.5 Å². The summed E-state index contributed by atoms with van der Waals surface area (Å²) in [5, 5.41) is 21.1. The number of aldehydes is 1. The second-order valence-electron chi connectivity index (χ2n) is 6.87. The molecule has 2 unspecified atom stereocenters. The summed E-state index contributed by atoms with van der Waals surface area (Å²) in [6, 6.07) is -0.863. The molecule has 0 saturated heterocycles. The van der Waals surface area contributed by atoms with Crippen molar-refractivity contribution >= 4 is 6.29 Å². The van der Waals surface area contributed by atoms with Crippen LogP contribution in [0.25, 0.3) is 0 Å². The van der Waals surface area contributed by atoms with Crippen LogP contribution in [-0.2, 0) is 4.79 Å². The molecule has 0 bridgehead atoms. The zero-order valence-corrected chi connectivity index (χ0v) is 16.8. The molecule has 0 fully saturated rings. The second kappa shape index (κ2) is 19.0. The summed E-state index contributed by atoms with van der Waals surface area (Å²) >= 11 is 0. The number of rotatable bonds is 18. The molecule has 0 aromatic carbocycles. The van der Waals surface area contributed by atoms with Gasteiger partial charge in [-0.15, -0.1) is 0 Å². The highest BCUT2D eigenvalue weighted by Gasteiger charge is 2.27.